The standard InChI is InChI=1S/C13H20O4/c1-5-8(2)17-10(14)7-6-9-11(12(15)16)13(9,3)4/h6-9,11H,5H2,1-4H3,(H,15,16)/t8?,9-,11-/m0/s1. The molecule has 0 bridgehead atoms. The van der Waals surface area contributed by atoms with Crippen molar-refractivity contribution in [3.8, 4) is 0 Å². The van der Waals surface area contributed by atoms with E-state index in [4.69, 9.17) is 9.84 Å². The summed E-state index contributed by atoms with van der Waals surface area (Å²) in [6.45, 7) is 7.54. The second kappa shape index (κ2) is 4.90. The third-order valence-electron chi connectivity index (χ3n) is 3.51. The van der Waals surface area contributed by atoms with E-state index in [-0.39, 0.29) is 17.4 Å². The monoisotopic (exact) mass is 240 g/mol. The topological polar surface area (TPSA) is 63.6 Å². The van der Waals surface area contributed by atoms with E-state index in [2.05, 4.69) is 0 Å². The number of hydrogen-bond donors (Lipinski definition) is 1. The number of aliphatic carboxylic acids is 1. The van der Waals surface area contributed by atoms with Crippen LogP contribution in [0.3, 0.4) is 0 Å². The van der Waals surface area contributed by atoms with Crippen LogP contribution >= 0.6 is 0 Å². The fourth-order valence-electron chi connectivity index (χ4n) is 2.01. The minimum atomic E-state index is -0.806. The molecule has 0 aliphatic heterocycles. The molecule has 0 aromatic carbocycles. The van der Waals surface area contributed by atoms with Gasteiger partial charge in [0.15, 0.2) is 0 Å². The number of hydrogen-bond acceptors (Lipinski definition) is 3. The Morgan fingerprint density at radius 3 is 2.47 bits per heavy atom. The highest BCUT2D eigenvalue weighted by molar-refractivity contribution is 5.83. The van der Waals surface area contributed by atoms with E-state index in [9.17, 15) is 9.59 Å². The first-order valence-corrected chi connectivity index (χ1v) is 5.92. The summed E-state index contributed by atoms with van der Waals surface area (Å²) >= 11 is 0. The van der Waals surface area contributed by atoms with Gasteiger partial charge in [0, 0.05) is 6.08 Å². The van der Waals surface area contributed by atoms with Gasteiger partial charge in [-0.05, 0) is 24.7 Å². The van der Waals surface area contributed by atoms with Crippen molar-refractivity contribution in [2.75, 3.05) is 0 Å². The van der Waals surface area contributed by atoms with Gasteiger partial charge in [-0.3, -0.25) is 4.79 Å². The third-order valence-corrected chi connectivity index (χ3v) is 3.51. The van der Waals surface area contributed by atoms with Gasteiger partial charge in [0.2, 0.25) is 0 Å². The molecule has 1 rings (SSSR count). The van der Waals surface area contributed by atoms with Gasteiger partial charge in [-0.25, -0.2) is 4.79 Å². The van der Waals surface area contributed by atoms with E-state index in [1.807, 2.05) is 27.7 Å². The molecule has 0 spiro atoms. The van der Waals surface area contributed by atoms with Crippen LogP contribution in [0.15, 0.2) is 12.2 Å². The minimum absolute atomic E-state index is 0.0792. The van der Waals surface area contributed by atoms with Crippen LogP contribution in [0.25, 0.3) is 0 Å². The highest BCUT2D eigenvalue weighted by Crippen LogP contribution is 2.58. The Hall–Kier alpha value is -1.32. The zero-order chi connectivity index (χ0) is 13.2. The molecule has 0 aromatic heterocycles. The van der Waals surface area contributed by atoms with E-state index in [1.54, 1.807) is 6.08 Å². The van der Waals surface area contributed by atoms with E-state index in [0.29, 0.717) is 0 Å². The van der Waals surface area contributed by atoms with Gasteiger partial charge in [0.1, 0.15) is 0 Å². The summed E-state index contributed by atoms with van der Waals surface area (Å²) in [6.07, 6.45) is 3.67. The number of carbonyl (C=O) groups excluding carboxylic acids is 1. The molecule has 0 radical (unpaired) electrons. The molecule has 0 aromatic rings. The van der Waals surface area contributed by atoms with Gasteiger partial charge in [-0.15, -0.1) is 0 Å². The molecule has 17 heavy (non-hydrogen) atoms. The van der Waals surface area contributed by atoms with E-state index < -0.39 is 17.9 Å². The molecule has 0 amide bonds. The zero-order valence-electron chi connectivity index (χ0n) is 10.8. The Kier molecular flexibility index (Phi) is 3.96. The fraction of sp³-hybridized carbons (Fsp3) is 0.692. The van der Waals surface area contributed by atoms with Gasteiger partial charge < -0.3 is 9.84 Å². The summed E-state index contributed by atoms with van der Waals surface area (Å²) < 4.78 is 5.07. The molecule has 1 N–H and O–H groups in total. The molecular weight excluding hydrogens is 220 g/mol. The maximum atomic E-state index is 11.4. The van der Waals surface area contributed by atoms with Crippen molar-refractivity contribution in [1.29, 1.82) is 0 Å². The first-order chi connectivity index (χ1) is 7.80. The Morgan fingerprint density at radius 2 is 2.06 bits per heavy atom. The van der Waals surface area contributed by atoms with Crippen molar-refractivity contribution >= 4 is 11.9 Å². The fourth-order valence-corrected chi connectivity index (χ4v) is 2.01. The molecule has 1 saturated carbocycles. The molecule has 1 aliphatic carbocycles. The van der Waals surface area contributed by atoms with Crippen molar-refractivity contribution in [2.45, 2.75) is 40.2 Å². The molecule has 1 fully saturated rings. The summed E-state index contributed by atoms with van der Waals surface area (Å²) in [5.41, 5.74) is -0.265. The van der Waals surface area contributed by atoms with Crippen LogP contribution in [-0.2, 0) is 14.3 Å². The highest BCUT2D eigenvalue weighted by atomic mass is 16.5. The molecule has 1 aliphatic rings. The average Bonchev–Trinajstić information content (AvgIpc) is 2.77. The van der Waals surface area contributed by atoms with Crippen LogP contribution in [0.4, 0.5) is 0 Å². The summed E-state index contributed by atoms with van der Waals surface area (Å²) in [5, 5.41) is 8.96. The van der Waals surface area contributed by atoms with E-state index >= 15 is 0 Å². The van der Waals surface area contributed by atoms with Crippen molar-refractivity contribution in [2.24, 2.45) is 17.3 Å². The first kappa shape index (κ1) is 13.7. The molecule has 0 heterocycles. The number of carbonyl (C=O) groups is 2. The zero-order valence-corrected chi connectivity index (χ0v) is 10.8. The van der Waals surface area contributed by atoms with Crippen LogP contribution in [0.1, 0.15) is 34.1 Å². The molecule has 4 heteroatoms. The third kappa shape index (κ3) is 3.08. The largest absolute Gasteiger partial charge is 0.481 e. The minimum Gasteiger partial charge on any atom is -0.481 e. The lowest BCUT2D eigenvalue weighted by Crippen LogP contribution is -2.11. The van der Waals surface area contributed by atoms with Crippen LogP contribution in [0.5, 0.6) is 0 Å². The molecular formula is C13H20O4. The van der Waals surface area contributed by atoms with Crippen LogP contribution in [0, 0.1) is 17.3 Å². The Labute approximate surface area is 102 Å². The number of esters is 1. The quantitative estimate of drug-likeness (QED) is 0.591. The van der Waals surface area contributed by atoms with Gasteiger partial charge in [0.25, 0.3) is 0 Å². The average molecular weight is 240 g/mol. The molecule has 3 atom stereocenters. The van der Waals surface area contributed by atoms with Crippen LogP contribution in [0.2, 0.25) is 0 Å². The molecule has 0 saturated heterocycles. The Morgan fingerprint density at radius 1 is 1.47 bits per heavy atom. The lowest BCUT2D eigenvalue weighted by atomic mass is 10.1. The van der Waals surface area contributed by atoms with Crippen LogP contribution in [-0.4, -0.2) is 23.1 Å². The number of carboxylic acids is 1. The lowest BCUT2D eigenvalue weighted by Gasteiger charge is -2.07. The number of carboxylic acid groups (broad SMARTS) is 1. The predicted molar refractivity (Wildman–Crippen MR) is 63.4 cm³/mol. The SMILES string of the molecule is CCC(C)OC(=O)C=C[C@H]1[C@@H](C(=O)O)C1(C)C. The normalized spacial score (nSPS) is 27.8. The van der Waals surface area contributed by atoms with Gasteiger partial charge in [-0.2, -0.15) is 0 Å². The molecule has 1 unspecified atom stereocenters. The second-order valence-corrected chi connectivity index (χ2v) is 5.18. The summed E-state index contributed by atoms with van der Waals surface area (Å²) in [5.74, 6) is -1.68. The van der Waals surface area contributed by atoms with E-state index in [1.165, 1.54) is 6.08 Å². The highest BCUT2D eigenvalue weighted by Gasteiger charge is 2.60. The van der Waals surface area contributed by atoms with Gasteiger partial charge in [-0.1, -0.05) is 26.8 Å². The summed E-state index contributed by atoms with van der Waals surface area (Å²) in [6, 6.07) is 0. The Bertz CT molecular complexity index is 343. The van der Waals surface area contributed by atoms with Crippen molar-refractivity contribution in [1.82, 2.24) is 0 Å². The van der Waals surface area contributed by atoms with E-state index in [0.717, 1.165) is 6.42 Å². The van der Waals surface area contributed by atoms with Crippen LogP contribution < -0.4 is 0 Å². The van der Waals surface area contributed by atoms with Crippen molar-refractivity contribution in [3.63, 3.8) is 0 Å². The first-order valence-electron chi connectivity index (χ1n) is 5.92. The maximum absolute atomic E-state index is 11.4. The molecule has 4 nitrogen and oxygen atoms in total. The predicted octanol–water partition coefficient (Wildman–Crippen LogP) is 2.24. The maximum Gasteiger partial charge on any atom is 0.330 e. The number of rotatable bonds is 5. The van der Waals surface area contributed by atoms with Crippen molar-refractivity contribution in [3.05, 3.63) is 12.2 Å². The second-order valence-electron chi connectivity index (χ2n) is 5.18. The summed E-state index contributed by atoms with van der Waals surface area (Å²) in [4.78, 5) is 22.3. The van der Waals surface area contributed by atoms with Gasteiger partial charge in [0.05, 0.1) is 12.0 Å². The van der Waals surface area contributed by atoms with Crippen molar-refractivity contribution < 1.29 is 19.4 Å². The number of allylic oxidation sites excluding steroid dienone is 1. The smallest absolute Gasteiger partial charge is 0.330 e. The van der Waals surface area contributed by atoms with Gasteiger partial charge >= 0.3 is 11.9 Å². The molecule has 96 valence electrons. The summed E-state index contributed by atoms with van der Waals surface area (Å²) in [7, 11) is 0. The lowest BCUT2D eigenvalue weighted by molar-refractivity contribution is -0.142. The number of ether oxygens (including phenoxy) is 1. The Balaban J connectivity index is 2.51.